The van der Waals surface area contributed by atoms with E-state index in [9.17, 15) is 31.6 Å². The van der Waals surface area contributed by atoms with Crippen molar-refractivity contribution in [1.29, 1.82) is 5.26 Å². The summed E-state index contributed by atoms with van der Waals surface area (Å²) in [6.07, 6.45) is -3.94. The van der Waals surface area contributed by atoms with Crippen LogP contribution in [0, 0.1) is 11.3 Å². The highest BCUT2D eigenvalue weighted by Crippen LogP contribution is 2.45. The second-order valence-electron chi connectivity index (χ2n) is 9.72. The molecule has 1 aromatic heterocycles. The number of benzene rings is 2. The zero-order valence-electron chi connectivity index (χ0n) is 21.3. The summed E-state index contributed by atoms with van der Waals surface area (Å²) in [6.45, 7) is 3.74. The highest BCUT2D eigenvalue weighted by molar-refractivity contribution is 7.93. The van der Waals surface area contributed by atoms with Crippen LogP contribution in [-0.4, -0.2) is 37.6 Å². The fraction of sp³-hybridized carbons (Fsp3) is 0.296. The number of hydrogen-bond acceptors (Lipinski definition) is 6. The van der Waals surface area contributed by atoms with Gasteiger partial charge in [-0.25, -0.2) is 8.42 Å². The molecule has 2 heterocycles. The fourth-order valence-electron chi connectivity index (χ4n) is 4.49. The zero-order chi connectivity index (χ0) is 29.5. The molecule has 210 valence electrons. The van der Waals surface area contributed by atoms with E-state index in [2.05, 4.69) is 4.98 Å². The van der Waals surface area contributed by atoms with Crippen LogP contribution in [0.3, 0.4) is 0 Å². The molecule has 0 bridgehead atoms. The molecule has 8 nitrogen and oxygen atoms in total. The Labute approximate surface area is 233 Å². The summed E-state index contributed by atoms with van der Waals surface area (Å²) in [4.78, 5) is 14.1. The molecule has 4 rings (SSSR count). The molecule has 1 aliphatic heterocycles. The summed E-state index contributed by atoms with van der Waals surface area (Å²) in [5.41, 5.74) is -0.965. The number of carbonyl (C=O) groups is 1. The third kappa shape index (κ3) is 5.57. The van der Waals surface area contributed by atoms with Crippen molar-refractivity contribution in [3.05, 3.63) is 70.5 Å². The Morgan fingerprint density at radius 1 is 1.23 bits per heavy atom. The van der Waals surface area contributed by atoms with E-state index in [1.165, 1.54) is 4.31 Å². The van der Waals surface area contributed by atoms with Crippen molar-refractivity contribution in [2.45, 2.75) is 43.2 Å². The molecule has 0 aliphatic carbocycles. The van der Waals surface area contributed by atoms with E-state index >= 15 is 0 Å². The predicted octanol–water partition coefficient (Wildman–Crippen LogP) is 6.02. The Morgan fingerprint density at radius 3 is 2.58 bits per heavy atom. The molecular weight excluding hydrogens is 571 g/mol. The maximum absolute atomic E-state index is 14.2. The number of alkyl halides is 3. The maximum atomic E-state index is 14.2. The second-order valence-corrected chi connectivity index (χ2v) is 12.0. The Bertz CT molecular complexity index is 1640. The molecule has 1 N–H and O–H groups in total. The van der Waals surface area contributed by atoms with Gasteiger partial charge in [0.2, 0.25) is 0 Å². The highest BCUT2D eigenvalue weighted by Gasteiger charge is 2.39. The first-order valence-electron chi connectivity index (χ1n) is 11.9. The third-order valence-corrected chi connectivity index (χ3v) is 8.77. The molecule has 2 aromatic carbocycles. The lowest BCUT2D eigenvalue weighted by Crippen LogP contribution is -2.41. The van der Waals surface area contributed by atoms with E-state index < -0.39 is 44.7 Å². The lowest BCUT2D eigenvalue weighted by Gasteiger charge is -2.39. The molecule has 1 aliphatic rings. The molecule has 0 saturated heterocycles. The number of aliphatic carboxylic acids is 1. The lowest BCUT2D eigenvalue weighted by atomic mass is 9.78. The zero-order valence-corrected chi connectivity index (χ0v) is 22.9. The van der Waals surface area contributed by atoms with Crippen LogP contribution in [0.25, 0.3) is 11.1 Å². The lowest BCUT2D eigenvalue weighted by molar-refractivity contribution is -0.141. The van der Waals surface area contributed by atoms with E-state index in [0.717, 1.165) is 23.9 Å². The first-order valence-corrected chi connectivity index (χ1v) is 13.8. The fourth-order valence-corrected chi connectivity index (χ4v) is 6.37. The van der Waals surface area contributed by atoms with Crippen molar-refractivity contribution in [1.82, 2.24) is 4.98 Å². The van der Waals surface area contributed by atoms with Gasteiger partial charge in [-0.15, -0.1) is 0 Å². The van der Waals surface area contributed by atoms with Crippen molar-refractivity contribution in [2.24, 2.45) is 0 Å². The number of halogens is 4. The van der Waals surface area contributed by atoms with Gasteiger partial charge < -0.3 is 9.84 Å². The number of nitrogens with zero attached hydrogens (tertiary/aromatic N) is 3. The molecule has 0 atom stereocenters. The summed E-state index contributed by atoms with van der Waals surface area (Å²) in [6, 6.07) is 11.5. The maximum Gasteiger partial charge on any atom is 0.433 e. The van der Waals surface area contributed by atoms with Crippen molar-refractivity contribution in [3.8, 4) is 22.9 Å². The molecule has 0 saturated carbocycles. The van der Waals surface area contributed by atoms with Crippen molar-refractivity contribution < 1.29 is 36.2 Å². The van der Waals surface area contributed by atoms with Crippen molar-refractivity contribution in [2.75, 3.05) is 17.5 Å². The number of carboxylic acids is 1. The Kier molecular flexibility index (Phi) is 7.75. The van der Waals surface area contributed by atoms with Crippen LogP contribution in [0.1, 0.15) is 43.5 Å². The Balaban J connectivity index is 1.91. The topological polar surface area (TPSA) is 121 Å². The predicted molar refractivity (Wildman–Crippen MR) is 141 cm³/mol. The van der Waals surface area contributed by atoms with Crippen LogP contribution in [-0.2, 0) is 26.4 Å². The second kappa shape index (κ2) is 10.6. The minimum Gasteiger partial charge on any atom is -0.491 e. The average Bonchev–Trinajstić information content (AvgIpc) is 2.87. The SMILES string of the molecule is CC1(C)CCN(S(=O)(=O)c2cc(-c3cnc(C(F)(F)F)cc3C#N)c(Cl)cc2OCCC(=O)O)c2ccccc21. The normalized spacial score (nSPS) is 14.8. The monoisotopic (exact) mass is 593 g/mol. The van der Waals surface area contributed by atoms with Gasteiger partial charge in [0.1, 0.15) is 16.3 Å². The molecular formula is C27H23ClF3N3O5S. The third-order valence-electron chi connectivity index (χ3n) is 6.62. The van der Waals surface area contributed by atoms with Crippen LogP contribution >= 0.6 is 11.6 Å². The largest absolute Gasteiger partial charge is 0.491 e. The molecule has 0 unspecified atom stereocenters. The number of ether oxygens (including phenoxy) is 1. The molecule has 40 heavy (non-hydrogen) atoms. The number of sulfonamides is 1. The molecule has 0 spiro atoms. The van der Waals surface area contributed by atoms with Crippen molar-refractivity contribution in [3.63, 3.8) is 0 Å². The van der Waals surface area contributed by atoms with Gasteiger partial charge in [0.25, 0.3) is 10.0 Å². The molecule has 0 amide bonds. The minimum atomic E-state index is -4.81. The average molecular weight is 594 g/mol. The smallest absolute Gasteiger partial charge is 0.433 e. The molecule has 0 fully saturated rings. The number of aromatic nitrogens is 1. The molecule has 3 aromatic rings. The number of nitriles is 1. The van der Waals surface area contributed by atoms with Crippen LogP contribution in [0.2, 0.25) is 5.02 Å². The number of pyridine rings is 1. The van der Waals surface area contributed by atoms with Crippen LogP contribution in [0.5, 0.6) is 5.75 Å². The van der Waals surface area contributed by atoms with Crippen LogP contribution in [0.15, 0.2) is 53.6 Å². The van der Waals surface area contributed by atoms with E-state index in [-0.39, 0.29) is 40.5 Å². The van der Waals surface area contributed by atoms with E-state index in [0.29, 0.717) is 18.2 Å². The van der Waals surface area contributed by atoms with Gasteiger partial charge in [0.05, 0.1) is 35.4 Å². The Morgan fingerprint density at radius 2 is 1.93 bits per heavy atom. The van der Waals surface area contributed by atoms with Gasteiger partial charge in [-0.05, 0) is 35.6 Å². The highest BCUT2D eigenvalue weighted by atomic mass is 35.5. The molecule has 13 heteroatoms. The van der Waals surface area contributed by atoms with Gasteiger partial charge in [-0.3, -0.25) is 14.1 Å². The number of fused-ring (bicyclic) bond motifs is 1. The van der Waals surface area contributed by atoms with Crippen LogP contribution in [0.4, 0.5) is 18.9 Å². The first kappa shape index (κ1) is 29.2. The molecule has 0 radical (unpaired) electrons. The standard InChI is InChI=1S/C27H23ClF3N3O5S/c1-26(2)8-9-34(21-6-4-3-5-19(21)26)40(37,38)23-12-17(20(28)13-22(23)39-10-7-25(35)36)18-15-33-24(27(29,30)31)11-16(18)14-32/h3-6,11-13,15H,7-10H2,1-2H3,(H,35,36). The number of anilines is 1. The van der Waals surface area contributed by atoms with Crippen molar-refractivity contribution >= 4 is 33.3 Å². The van der Waals surface area contributed by atoms with Gasteiger partial charge in [-0.1, -0.05) is 43.6 Å². The summed E-state index contributed by atoms with van der Waals surface area (Å²) in [5, 5.41) is 18.5. The van der Waals surface area contributed by atoms with Gasteiger partial charge in [0, 0.05) is 29.9 Å². The van der Waals surface area contributed by atoms with E-state index in [1.54, 1.807) is 24.3 Å². The van der Waals surface area contributed by atoms with E-state index in [1.807, 2.05) is 19.9 Å². The number of carboxylic acid groups (broad SMARTS) is 1. The van der Waals surface area contributed by atoms with E-state index in [4.69, 9.17) is 21.4 Å². The number of rotatable bonds is 7. The summed E-state index contributed by atoms with van der Waals surface area (Å²) < 4.78 is 74.7. The van der Waals surface area contributed by atoms with Gasteiger partial charge in [-0.2, -0.15) is 18.4 Å². The summed E-state index contributed by atoms with van der Waals surface area (Å²) in [5.74, 6) is -1.41. The van der Waals surface area contributed by atoms with Gasteiger partial charge >= 0.3 is 12.1 Å². The Hall–Kier alpha value is -3.82. The number of hydrogen-bond donors (Lipinski definition) is 1. The summed E-state index contributed by atoms with van der Waals surface area (Å²) in [7, 11) is -4.39. The summed E-state index contributed by atoms with van der Waals surface area (Å²) >= 11 is 6.43. The van der Waals surface area contributed by atoms with Crippen LogP contribution < -0.4 is 9.04 Å². The quantitative estimate of drug-likeness (QED) is 0.355. The minimum absolute atomic E-state index is 0.0609. The van der Waals surface area contributed by atoms with Gasteiger partial charge in [0.15, 0.2) is 0 Å². The first-order chi connectivity index (χ1) is 18.7. The number of para-hydroxylation sites is 1.